The maximum atomic E-state index is 12.5. The van der Waals surface area contributed by atoms with Gasteiger partial charge in [-0.05, 0) is 43.9 Å². The van der Waals surface area contributed by atoms with Gasteiger partial charge in [0.15, 0.2) is 0 Å². The molecule has 0 fully saturated rings. The topological polar surface area (TPSA) is 103 Å². The normalized spacial score (nSPS) is 12.8. The third-order valence-electron chi connectivity index (χ3n) is 4.58. The Morgan fingerprint density at radius 2 is 2.11 bits per heavy atom. The van der Waals surface area contributed by atoms with Crippen LogP contribution in [0, 0.1) is 0 Å². The largest absolute Gasteiger partial charge is 0.462 e. The van der Waals surface area contributed by atoms with Gasteiger partial charge in [0.2, 0.25) is 5.91 Å². The van der Waals surface area contributed by atoms with E-state index >= 15 is 0 Å². The number of nitrogens with one attached hydrogen (secondary N) is 1. The van der Waals surface area contributed by atoms with Crippen LogP contribution in [0.25, 0.3) is 10.9 Å². The molecule has 1 amide bonds. The number of aryl methyl sites for hydroxylation is 1. The second-order valence-corrected chi connectivity index (χ2v) is 7.50. The fourth-order valence-corrected chi connectivity index (χ4v) is 4.63. The summed E-state index contributed by atoms with van der Waals surface area (Å²) in [6.45, 7) is 1.72. The summed E-state index contributed by atoms with van der Waals surface area (Å²) >= 11 is 1.39. The summed E-state index contributed by atoms with van der Waals surface area (Å²) in [5.74, 6) is -0.878. The van der Waals surface area contributed by atoms with Crippen LogP contribution in [0.15, 0.2) is 29.1 Å². The van der Waals surface area contributed by atoms with E-state index in [0.717, 1.165) is 34.4 Å². The smallest absolute Gasteiger partial charge is 0.341 e. The number of anilines is 1. The first-order chi connectivity index (χ1) is 13.6. The molecule has 28 heavy (non-hydrogen) atoms. The van der Waals surface area contributed by atoms with Gasteiger partial charge in [0.05, 0.1) is 17.6 Å². The van der Waals surface area contributed by atoms with Crippen LogP contribution in [-0.4, -0.2) is 33.5 Å². The predicted octanol–water partition coefficient (Wildman–Crippen LogP) is 2.16. The molecule has 0 atom stereocenters. The van der Waals surface area contributed by atoms with E-state index in [1.165, 1.54) is 11.3 Å². The Morgan fingerprint density at radius 3 is 2.93 bits per heavy atom. The molecule has 8 nitrogen and oxygen atoms in total. The highest BCUT2D eigenvalue weighted by molar-refractivity contribution is 7.17. The number of hydrogen-bond acceptors (Lipinski definition) is 7. The Kier molecular flexibility index (Phi) is 4.91. The van der Waals surface area contributed by atoms with Crippen LogP contribution in [-0.2, 0) is 28.9 Å². The van der Waals surface area contributed by atoms with Gasteiger partial charge < -0.3 is 10.1 Å². The molecule has 3 aromatic rings. The average molecular weight is 398 g/mol. The lowest BCUT2D eigenvalue weighted by molar-refractivity contribution is -0.117. The molecule has 2 aromatic heterocycles. The number of amides is 1. The maximum absolute atomic E-state index is 12.5. The van der Waals surface area contributed by atoms with Crippen molar-refractivity contribution in [1.29, 1.82) is 0 Å². The molecule has 0 saturated heterocycles. The molecule has 1 aliphatic carbocycles. The minimum Gasteiger partial charge on any atom is -0.462 e. The summed E-state index contributed by atoms with van der Waals surface area (Å²) in [5, 5.41) is 11.4. The van der Waals surface area contributed by atoms with Crippen molar-refractivity contribution in [3.05, 3.63) is 50.6 Å². The van der Waals surface area contributed by atoms with Crippen LogP contribution in [0.5, 0.6) is 0 Å². The molecule has 4 rings (SSSR count). The van der Waals surface area contributed by atoms with E-state index in [-0.39, 0.29) is 18.7 Å². The number of rotatable bonds is 5. The summed E-state index contributed by atoms with van der Waals surface area (Å²) in [4.78, 5) is 38.5. The van der Waals surface area contributed by atoms with Gasteiger partial charge >= 0.3 is 5.97 Å². The molecule has 0 saturated carbocycles. The summed E-state index contributed by atoms with van der Waals surface area (Å²) < 4.78 is 6.18. The molecular formula is C19H18N4O4S. The lowest BCUT2D eigenvalue weighted by Gasteiger charge is -2.08. The number of aromatic nitrogens is 3. The van der Waals surface area contributed by atoms with Crippen LogP contribution in [0.4, 0.5) is 5.00 Å². The Labute approximate surface area is 164 Å². The molecule has 0 radical (unpaired) electrons. The zero-order chi connectivity index (χ0) is 19.7. The predicted molar refractivity (Wildman–Crippen MR) is 105 cm³/mol. The van der Waals surface area contributed by atoms with Crippen LogP contribution < -0.4 is 10.9 Å². The van der Waals surface area contributed by atoms with Gasteiger partial charge in [0, 0.05) is 4.88 Å². The Hall–Kier alpha value is -3.07. The second kappa shape index (κ2) is 7.51. The maximum Gasteiger partial charge on any atom is 0.341 e. The first kappa shape index (κ1) is 18.3. The van der Waals surface area contributed by atoms with Gasteiger partial charge in [-0.3, -0.25) is 9.59 Å². The van der Waals surface area contributed by atoms with E-state index in [1.807, 2.05) is 0 Å². The molecule has 0 unspecified atom stereocenters. The van der Waals surface area contributed by atoms with Crippen molar-refractivity contribution < 1.29 is 14.3 Å². The zero-order valence-corrected chi connectivity index (χ0v) is 16.0. The van der Waals surface area contributed by atoms with Crippen molar-refractivity contribution in [2.24, 2.45) is 0 Å². The third kappa shape index (κ3) is 3.29. The van der Waals surface area contributed by atoms with Crippen molar-refractivity contribution in [1.82, 2.24) is 15.0 Å². The zero-order valence-electron chi connectivity index (χ0n) is 15.2. The minimum absolute atomic E-state index is 0.263. The first-order valence-electron chi connectivity index (χ1n) is 9.02. The number of hydrogen-bond donors (Lipinski definition) is 1. The molecule has 2 heterocycles. The van der Waals surface area contributed by atoms with Gasteiger partial charge in [-0.25, -0.2) is 9.48 Å². The molecule has 9 heteroatoms. The van der Waals surface area contributed by atoms with Crippen LogP contribution in [0.3, 0.4) is 0 Å². The lowest BCUT2D eigenvalue weighted by atomic mass is 10.1. The third-order valence-corrected chi connectivity index (χ3v) is 5.78. The number of carbonyl (C=O) groups excluding carboxylic acids is 2. The summed E-state index contributed by atoms with van der Waals surface area (Å²) in [7, 11) is 0. The molecule has 0 spiro atoms. The number of esters is 1. The Balaban J connectivity index is 1.59. The number of nitrogens with zero attached hydrogens (tertiary/aromatic N) is 3. The number of ether oxygens (including phenoxy) is 1. The van der Waals surface area contributed by atoms with Gasteiger partial charge in [0.25, 0.3) is 5.56 Å². The van der Waals surface area contributed by atoms with Gasteiger partial charge in [-0.15, -0.1) is 16.4 Å². The number of carbonyl (C=O) groups is 2. The molecular weight excluding hydrogens is 380 g/mol. The summed E-state index contributed by atoms with van der Waals surface area (Å²) in [6.07, 6.45) is 2.67. The fourth-order valence-electron chi connectivity index (χ4n) is 3.34. The van der Waals surface area contributed by atoms with Gasteiger partial charge in [0.1, 0.15) is 17.1 Å². The number of fused-ring (bicyclic) bond motifs is 2. The average Bonchev–Trinajstić information content (AvgIpc) is 3.25. The monoisotopic (exact) mass is 398 g/mol. The van der Waals surface area contributed by atoms with E-state index in [9.17, 15) is 14.4 Å². The standard InChI is InChI=1S/C19H18N4O4S/c1-2-27-19(26)16-12-7-5-9-14(12)28-17(16)20-15(24)10-23-18(25)11-6-3-4-8-13(11)21-22-23/h3-4,6,8H,2,5,7,9-10H2,1H3,(H,20,24). The van der Waals surface area contributed by atoms with Crippen molar-refractivity contribution in [3.63, 3.8) is 0 Å². The van der Waals surface area contributed by atoms with E-state index in [0.29, 0.717) is 21.5 Å². The lowest BCUT2D eigenvalue weighted by Crippen LogP contribution is -2.30. The summed E-state index contributed by atoms with van der Waals surface area (Å²) in [5.41, 5.74) is 1.48. The van der Waals surface area contributed by atoms with E-state index < -0.39 is 11.9 Å². The molecule has 1 N–H and O–H groups in total. The fraction of sp³-hybridized carbons (Fsp3) is 0.316. The van der Waals surface area contributed by atoms with E-state index in [4.69, 9.17) is 4.74 Å². The number of benzene rings is 1. The van der Waals surface area contributed by atoms with Gasteiger partial charge in [-0.2, -0.15) is 0 Å². The SMILES string of the molecule is CCOC(=O)c1c(NC(=O)Cn2nnc3ccccc3c2=O)sc2c1CCC2. The molecule has 144 valence electrons. The van der Waals surface area contributed by atoms with E-state index in [2.05, 4.69) is 15.6 Å². The van der Waals surface area contributed by atoms with Crippen LogP contribution in [0.1, 0.15) is 34.1 Å². The van der Waals surface area contributed by atoms with Crippen molar-refractivity contribution in [3.8, 4) is 0 Å². The van der Waals surface area contributed by atoms with Crippen molar-refractivity contribution in [2.45, 2.75) is 32.7 Å². The van der Waals surface area contributed by atoms with E-state index in [1.54, 1.807) is 31.2 Å². The Bertz CT molecular complexity index is 1130. The number of thiophene rings is 1. The van der Waals surface area contributed by atoms with Gasteiger partial charge in [-0.1, -0.05) is 17.3 Å². The highest BCUT2D eigenvalue weighted by atomic mass is 32.1. The molecule has 1 aliphatic rings. The van der Waals surface area contributed by atoms with Crippen molar-refractivity contribution in [2.75, 3.05) is 11.9 Å². The van der Waals surface area contributed by atoms with Crippen LogP contribution >= 0.6 is 11.3 Å². The molecule has 0 bridgehead atoms. The summed E-state index contributed by atoms with van der Waals surface area (Å²) in [6, 6.07) is 6.82. The second-order valence-electron chi connectivity index (χ2n) is 6.40. The highest BCUT2D eigenvalue weighted by Gasteiger charge is 2.28. The van der Waals surface area contributed by atoms with Crippen LogP contribution in [0.2, 0.25) is 0 Å². The Morgan fingerprint density at radius 1 is 1.29 bits per heavy atom. The van der Waals surface area contributed by atoms with Crippen molar-refractivity contribution >= 4 is 39.1 Å². The first-order valence-corrected chi connectivity index (χ1v) is 9.84. The quantitative estimate of drug-likeness (QED) is 0.661. The molecule has 1 aromatic carbocycles. The molecule has 0 aliphatic heterocycles. The highest BCUT2D eigenvalue weighted by Crippen LogP contribution is 2.39. The minimum atomic E-state index is -0.447.